The normalized spacial score (nSPS) is 28.4. The van der Waals surface area contributed by atoms with E-state index in [1.807, 2.05) is 24.3 Å². The molecule has 0 bridgehead atoms. The van der Waals surface area contributed by atoms with Crippen LogP contribution in [0.4, 0.5) is 5.69 Å². The zero-order chi connectivity index (χ0) is 13.1. The van der Waals surface area contributed by atoms with Crippen LogP contribution in [0.3, 0.4) is 0 Å². The van der Waals surface area contributed by atoms with Crippen molar-refractivity contribution in [3.8, 4) is 5.75 Å². The number of benzene rings is 1. The van der Waals surface area contributed by atoms with Crippen molar-refractivity contribution in [2.24, 2.45) is 0 Å². The summed E-state index contributed by atoms with van der Waals surface area (Å²) < 4.78 is 6.24. The molecule has 2 aliphatic rings. The Balaban J connectivity index is 1.67. The number of nitrogen functional groups attached to an aromatic ring is 1. The Morgan fingerprint density at radius 1 is 0.947 bits per heavy atom. The van der Waals surface area contributed by atoms with E-state index in [-0.39, 0.29) is 0 Å². The molecule has 3 rings (SSSR count). The lowest BCUT2D eigenvalue weighted by Gasteiger charge is -2.37. The van der Waals surface area contributed by atoms with Crippen LogP contribution in [0.5, 0.6) is 5.75 Å². The summed E-state index contributed by atoms with van der Waals surface area (Å²) in [5.74, 6) is 0.963. The van der Waals surface area contributed by atoms with Gasteiger partial charge in [0, 0.05) is 11.7 Å². The second-order valence-corrected chi connectivity index (χ2v) is 5.82. The zero-order valence-corrected chi connectivity index (χ0v) is 11.6. The van der Waals surface area contributed by atoms with E-state index in [1.165, 1.54) is 51.6 Å². The third kappa shape index (κ3) is 3.03. The van der Waals surface area contributed by atoms with Crippen LogP contribution < -0.4 is 10.5 Å². The lowest BCUT2D eigenvalue weighted by atomic mass is 9.91. The van der Waals surface area contributed by atoms with Crippen LogP contribution in [-0.4, -0.2) is 30.1 Å². The van der Waals surface area contributed by atoms with Gasteiger partial charge in [0.25, 0.3) is 0 Å². The van der Waals surface area contributed by atoms with E-state index >= 15 is 0 Å². The van der Waals surface area contributed by atoms with Gasteiger partial charge in [-0.1, -0.05) is 6.42 Å². The van der Waals surface area contributed by atoms with Crippen LogP contribution in [0.1, 0.15) is 38.5 Å². The Morgan fingerprint density at radius 3 is 2.37 bits per heavy atom. The summed E-state index contributed by atoms with van der Waals surface area (Å²) in [6, 6.07) is 8.44. The molecule has 2 N–H and O–H groups in total. The van der Waals surface area contributed by atoms with E-state index in [4.69, 9.17) is 10.5 Å². The standard InChI is InChI=1S/C16H24N2O/c17-13-7-9-14(10-8-13)19-16-6-2-1-5-15(16)18-11-3-4-12-18/h7-10,15-16H,1-6,11-12,17H2. The van der Waals surface area contributed by atoms with Gasteiger partial charge < -0.3 is 10.5 Å². The second kappa shape index (κ2) is 5.83. The number of rotatable bonds is 3. The first-order valence-corrected chi connectivity index (χ1v) is 7.59. The molecule has 1 aromatic rings. The average molecular weight is 260 g/mol. The van der Waals surface area contributed by atoms with Gasteiger partial charge in [0.2, 0.25) is 0 Å². The van der Waals surface area contributed by atoms with Crippen molar-refractivity contribution in [2.45, 2.75) is 50.7 Å². The van der Waals surface area contributed by atoms with Crippen LogP contribution in [0.25, 0.3) is 0 Å². The quantitative estimate of drug-likeness (QED) is 0.849. The molecule has 1 saturated heterocycles. The summed E-state index contributed by atoms with van der Waals surface area (Å²) in [7, 11) is 0. The Labute approximate surface area is 115 Å². The summed E-state index contributed by atoms with van der Waals surface area (Å²) in [4.78, 5) is 2.64. The molecule has 0 radical (unpaired) electrons. The minimum atomic E-state index is 0.357. The number of likely N-dealkylation sites (tertiary alicyclic amines) is 1. The first-order chi connectivity index (χ1) is 9.33. The monoisotopic (exact) mass is 260 g/mol. The zero-order valence-electron chi connectivity index (χ0n) is 11.6. The largest absolute Gasteiger partial charge is 0.489 e. The highest BCUT2D eigenvalue weighted by Crippen LogP contribution is 2.29. The van der Waals surface area contributed by atoms with Crippen molar-refractivity contribution < 1.29 is 4.74 Å². The molecule has 0 spiro atoms. The van der Waals surface area contributed by atoms with Crippen LogP contribution >= 0.6 is 0 Å². The summed E-state index contributed by atoms with van der Waals surface area (Å²) in [5, 5.41) is 0. The maximum Gasteiger partial charge on any atom is 0.119 e. The number of anilines is 1. The predicted octanol–water partition coefficient (Wildman–Crippen LogP) is 3.05. The van der Waals surface area contributed by atoms with Crippen molar-refractivity contribution in [3.05, 3.63) is 24.3 Å². The van der Waals surface area contributed by atoms with Crippen LogP contribution in [-0.2, 0) is 0 Å². The summed E-state index contributed by atoms with van der Waals surface area (Å²) in [6.07, 6.45) is 8.18. The highest BCUT2D eigenvalue weighted by Gasteiger charge is 2.32. The van der Waals surface area contributed by atoms with E-state index < -0.39 is 0 Å². The van der Waals surface area contributed by atoms with Gasteiger partial charge in [0.05, 0.1) is 0 Å². The topological polar surface area (TPSA) is 38.5 Å². The van der Waals surface area contributed by atoms with Gasteiger partial charge in [-0.3, -0.25) is 4.90 Å². The number of hydrogen-bond acceptors (Lipinski definition) is 3. The maximum atomic E-state index is 6.24. The molecule has 1 heterocycles. The van der Waals surface area contributed by atoms with Gasteiger partial charge in [-0.15, -0.1) is 0 Å². The number of nitrogens with two attached hydrogens (primary N) is 1. The Hall–Kier alpha value is -1.22. The van der Waals surface area contributed by atoms with Crippen molar-refractivity contribution in [2.75, 3.05) is 18.8 Å². The van der Waals surface area contributed by atoms with Crippen LogP contribution in [0, 0.1) is 0 Å². The molecule has 3 heteroatoms. The third-order valence-corrected chi connectivity index (χ3v) is 4.44. The lowest BCUT2D eigenvalue weighted by molar-refractivity contribution is 0.0486. The lowest BCUT2D eigenvalue weighted by Crippen LogP contribution is -2.46. The number of nitrogens with zero attached hydrogens (tertiary/aromatic N) is 1. The molecular formula is C16H24N2O. The molecule has 1 saturated carbocycles. The SMILES string of the molecule is Nc1ccc(OC2CCCCC2N2CCCC2)cc1. The molecule has 2 fully saturated rings. The van der Waals surface area contributed by atoms with E-state index in [9.17, 15) is 0 Å². The molecule has 0 aromatic heterocycles. The summed E-state index contributed by atoms with van der Waals surface area (Å²) in [5.41, 5.74) is 6.52. The third-order valence-electron chi connectivity index (χ3n) is 4.44. The summed E-state index contributed by atoms with van der Waals surface area (Å²) in [6.45, 7) is 2.51. The summed E-state index contributed by atoms with van der Waals surface area (Å²) >= 11 is 0. The molecule has 1 aromatic carbocycles. The maximum absolute atomic E-state index is 6.24. The molecule has 1 aliphatic heterocycles. The number of hydrogen-bond donors (Lipinski definition) is 1. The average Bonchev–Trinajstić information content (AvgIpc) is 2.96. The second-order valence-electron chi connectivity index (χ2n) is 5.82. The highest BCUT2D eigenvalue weighted by atomic mass is 16.5. The van der Waals surface area contributed by atoms with Crippen LogP contribution in [0.2, 0.25) is 0 Å². The minimum absolute atomic E-state index is 0.357. The van der Waals surface area contributed by atoms with E-state index in [0.29, 0.717) is 12.1 Å². The first kappa shape index (κ1) is 12.8. The fourth-order valence-corrected chi connectivity index (χ4v) is 3.43. The van der Waals surface area contributed by atoms with Gasteiger partial charge in [-0.25, -0.2) is 0 Å². The molecule has 2 unspecified atom stereocenters. The predicted molar refractivity (Wildman–Crippen MR) is 78.3 cm³/mol. The van der Waals surface area contributed by atoms with Crippen molar-refractivity contribution in [1.29, 1.82) is 0 Å². The molecule has 2 atom stereocenters. The fourth-order valence-electron chi connectivity index (χ4n) is 3.43. The van der Waals surface area contributed by atoms with Gasteiger partial charge in [-0.2, -0.15) is 0 Å². The highest BCUT2D eigenvalue weighted by molar-refractivity contribution is 5.41. The minimum Gasteiger partial charge on any atom is -0.489 e. The van der Waals surface area contributed by atoms with Gasteiger partial charge >= 0.3 is 0 Å². The molecule has 3 nitrogen and oxygen atoms in total. The van der Waals surface area contributed by atoms with Crippen LogP contribution in [0.15, 0.2) is 24.3 Å². The van der Waals surface area contributed by atoms with Gasteiger partial charge in [-0.05, 0) is 69.5 Å². The molecule has 19 heavy (non-hydrogen) atoms. The molecule has 104 valence electrons. The van der Waals surface area contributed by atoms with Crippen molar-refractivity contribution in [1.82, 2.24) is 4.90 Å². The molecular weight excluding hydrogens is 236 g/mol. The number of ether oxygens (including phenoxy) is 1. The van der Waals surface area contributed by atoms with Gasteiger partial charge in [0.1, 0.15) is 11.9 Å². The van der Waals surface area contributed by atoms with Crippen molar-refractivity contribution in [3.63, 3.8) is 0 Å². The smallest absolute Gasteiger partial charge is 0.119 e. The molecule has 0 amide bonds. The first-order valence-electron chi connectivity index (χ1n) is 7.59. The van der Waals surface area contributed by atoms with E-state index in [2.05, 4.69) is 4.90 Å². The van der Waals surface area contributed by atoms with Gasteiger partial charge in [0.15, 0.2) is 0 Å². The van der Waals surface area contributed by atoms with E-state index in [0.717, 1.165) is 11.4 Å². The molecule has 1 aliphatic carbocycles. The van der Waals surface area contributed by atoms with E-state index in [1.54, 1.807) is 0 Å². The Bertz CT molecular complexity index is 398. The Kier molecular flexibility index (Phi) is 3.92. The van der Waals surface area contributed by atoms with Crippen molar-refractivity contribution >= 4 is 5.69 Å². The Morgan fingerprint density at radius 2 is 1.63 bits per heavy atom. The fraction of sp³-hybridized carbons (Fsp3) is 0.625.